The first-order valence-corrected chi connectivity index (χ1v) is 9.33. The van der Waals surface area contributed by atoms with Crippen molar-refractivity contribution in [1.29, 1.82) is 0 Å². The Morgan fingerprint density at radius 3 is 2.32 bits per heavy atom. The second kappa shape index (κ2) is 8.01. The normalized spacial score (nSPS) is 12.6. The lowest BCUT2D eigenvalue weighted by Crippen LogP contribution is -2.26. The van der Waals surface area contributed by atoms with E-state index in [1.807, 2.05) is 60.7 Å². The van der Waals surface area contributed by atoms with Gasteiger partial charge in [-0.05, 0) is 39.9 Å². The molecule has 0 fully saturated rings. The molecule has 1 aliphatic carbocycles. The van der Waals surface area contributed by atoms with E-state index in [2.05, 4.69) is 29.6 Å². The number of hydrogen-bond donors (Lipinski definition) is 2. The fourth-order valence-corrected chi connectivity index (χ4v) is 3.65. The first-order valence-electron chi connectivity index (χ1n) is 9.33. The topological polar surface area (TPSA) is 64.3 Å². The number of nitrogens with one attached hydrogen (secondary N) is 1. The van der Waals surface area contributed by atoms with Crippen LogP contribution in [0.3, 0.4) is 0 Å². The molecule has 28 heavy (non-hydrogen) atoms. The van der Waals surface area contributed by atoms with Crippen molar-refractivity contribution in [3.05, 3.63) is 95.6 Å². The van der Waals surface area contributed by atoms with E-state index in [0.29, 0.717) is 18.8 Å². The largest absolute Gasteiger partial charge is 0.449 e. The molecule has 4 heteroatoms. The number of nitrogen functional groups attached to an aromatic ring is 1. The second-order valence-electron chi connectivity index (χ2n) is 6.78. The monoisotopic (exact) mass is 370 g/mol. The second-order valence-corrected chi connectivity index (χ2v) is 6.78. The summed E-state index contributed by atoms with van der Waals surface area (Å²) in [6.45, 7) is 0.713. The standard InChI is InChI=1S/C24H22N2O2/c25-18-9-5-7-17(15-18)8-6-14-26-24(27)28-16-23-21-12-3-1-10-19(21)20-11-2-4-13-22(20)23/h1-13,15,23H,14,16,25H2,(H,26,27). The van der Waals surface area contributed by atoms with Crippen molar-refractivity contribution in [3.63, 3.8) is 0 Å². The van der Waals surface area contributed by atoms with E-state index in [9.17, 15) is 4.79 Å². The van der Waals surface area contributed by atoms with E-state index >= 15 is 0 Å². The minimum Gasteiger partial charge on any atom is -0.449 e. The first kappa shape index (κ1) is 17.9. The first-order chi connectivity index (χ1) is 13.7. The molecule has 1 aliphatic rings. The average molecular weight is 370 g/mol. The fraction of sp³-hybridized carbons (Fsp3) is 0.125. The molecule has 0 atom stereocenters. The number of nitrogens with two attached hydrogens (primary N) is 1. The van der Waals surface area contributed by atoms with E-state index in [1.165, 1.54) is 22.3 Å². The molecule has 0 radical (unpaired) electrons. The molecule has 4 rings (SSSR count). The molecule has 0 saturated heterocycles. The zero-order valence-corrected chi connectivity index (χ0v) is 15.5. The van der Waals surface area contributed by atoms with Gasteiger partial charge in [-0.15, -0.1) is 0 Å². The molecule has 0 spiro atoms. The van der Waals surface area contributed by atoms with Gasteiger partial charge in [-0.1, -0.05) is 72.8 Å². The maximum atomic E-state index is 12.1. The predicted octanol–water partition coefficient (Wildman–Crippen LogP) is 4.82. The van der Waals surface area contributed by atoms with Crippen LogP contribution in [0, 0.1) is 0 Å². The van der Waals surface area contributed by atoms with Gasteiger partial charge >= 0.3 is 6.09 Å². The number of alkyl carbamates (subject to hydrolysis) is 1. The number of carbonyl (C=O) groups is 1. The molecular weight excluding hydrogens is 348 g/mol. The van der Waals surface area contributed by atoms with Gasteiger partial charge in [-0.2, -0.15) is 0 Å². The minimum absolute atomic E-state index is 0.0704. The quantitative estimate of drug-likeness (QED) is 0.633. The van der Waals surface area contributed by atoms with E-state index in [4.69, 9.17) is 10.5 Å². The molecule has 1 amide bonds. The van der Waals surface area contributed by atoms with E-state index in [0.717, 1.165) is 5.56 Å². The van der Waals surface area contributed by atoms with Gasteiger partial charge in [-0.25, -0.2) is 4.79 Å². The van der Waals surface area contributed by atoms with Crippen molar-refractivity contribution in [2.24, 2.45) is 0 Å². The van der Waals surface area contributed by atoms with Crippen LogP contribution in [0.25, 0.3) is 17.2 Å². The zero-order chi connectivity index (χ0) is 19.3. The van der Waals surface area contributed by atoms with Crippen LogP contribution in [0.5, 0.6) is 0 Å². The summed E-state index contributed by atoms with van der Waals surface area (Å²) < 4.78 is 5.51. The Balaban J connectivity index is 1.34. The molecule has 0 saturated carbocycles. The Morgan fingerprint density at radius 1 is 0.964 bits per heavy atom. The van der Waals surface area contributed by atoms with Crippen molar-refractivity contribution >= 4 is 17.9 Å². The molecule has 0 aliphatic heterocycles. The van der Waals surface area contributed by atoms with Gasteiger partial charge in [0, 0.05) is 18.2 Å². The fourth-order valence-electron chi connectivity index (χ4n) is 3.65. The van der Waals surface area contributed by atoms with Crippen LogP contribution < -0.4 is 11.1 Å². The van der Waals surface area contributed by atoms with E-state index in [1.54, 1.807) is 0 Å². The molecule has 140 valence electrons. The van der Waals surface area contributed by atoms with Gasteiger partial charge in [0.25, 0.3) is 0 Å². The molecule has 0 unspecified atom stereocenters. The summed E-state index contributed by atoms with van der Waals surface area (Å²) in [6, 6.07) is 24.2. The SMILES string of the molecule is Nc1cccc(C=CCNC(=O)OCC2c3ccccc3-c3ccccc32)c1. The summed E-state index contributed by atoms with van der Waals surface area (Å²) in [5.74, 6) is 0.0704. The summed E-state index contributed by atoms with van der Waals surface area (Å²) in [5, 5.41) is 2.76. The Morgan fingerprint density at radius 2 is 1.64 bits per heavy atom. The highest BCUT2D eigenvalue weighted by atomic mass is 16.5. The number of amides is 1. The number of hydrogen-bond acceptors (Lipinski definition) is 3. The van der Waals surface area contributed by atoms with Crippen molar-refractivity contribution in [2.45, 2.75) is 5.92 Å². The molecule has 4 nitrogen and oxygen atoms in total. The number of fused-ring (bicyclic) bond motifs is 3. The number of carbonyl (C=O) groups excluding carboxylic acids is 1. The summed E-state index contributed by atoms with van der Waals surface area (Å²) in [5.41, 5.74) is 12.3. The highest BCUT2D eigenvalue weighted by molar-refractivity contribution is 5.79. The van der Waals surface area contributed by atoms with Crippen LogP contribution in [0.4, 0.5) is 10.5 Å². The lowest BCUT2D eigenvalue weighted by molar-refractivity contribution is 0.144. The molecular formula is C24H22N2O2. The van der Waals surface area contributed by atoms with Crippen LogP contribution in [-0.4, -0.2) is 19.2 Å². The van der Waals surface area contributed by atoms with Crippen molar-refractivity contribution in [1.82, 2.24) is 5.32 Å². The van der Waals surface area contributed by atoms with Gasteiger partial charge in [0.1, 0.15) is 6.61 Å². The van der Waals surface area contributed by atoms with Crippen LogP contribution in [-0.2, 0) is 4.74 Å². The molecule has 0 heterocycles. The maximum Gasteiger partial charge on any atom is 0.407 e. The van der Waals surface area contributed by atoms with Crippen molar-refractivity contribution in [2.75, 3.05) is 18.9 Å². The highest BCUT2D eigenvalue weighted by Crippen LogP contribution is 2.44. The highest BCUT2D eigenvalue weighted by Gasteiger charge is 2.28. The number of rotatable bonds is 5. The lowest BCUT2D eigenvalue weighted by atomic mass is 9.98. The van der Waals surface area contributed by atoms with Crippen molar-refractivity contribution < 1.29 is 9.53 Å². The van der Waals surface area contributed by atoms with Gasteiger partial charge in [0.05, 0.1) is 0 Å². The maximum absolute atomic E-state index is 12.1. The van der Waals surface area contributed by atoms with Gasteiger partial charge in [0.15, 0.2) is 0 Å². The lowest BCUT2D eigenvalue weighted by Gasteiger charge is -2.14. The average Bonchev–Trinajstić information content (AvgIpc) is 3.04. The Kier molecular flexibility index (Phi) is 5.11. The molecule has 3 aromatic rings. The number of anilines is 1. The van der Waals surface area contributed by atoms with Gasteiger partial charge in [0.2, 0.25) is 0 Å². The van der Waals surface area contributed by atoms with Crippen LogP contribution >= 0.6 is 0 Å². The van der Waals surface area contributed by atoms with E-state index in [-0.39, 0.29) is 5.92 Å². The smallest absolute Gasteiger partial charge is 0.407 e. The molecule has 3 aromatic carbocycles. The third-order valence-electron chi connectivity index (χ3n) is 4.93. The van der Waals surface area contributed by atoms with Gasteiger partial charge < -0.3 is 15.8 Å². The van der Waals surface area contributed by atoms with Crippen LogP contribution in [0.15, 0.2) is 78.9 Å². The number of benzene rings is 3. The zero-order valence-electron chi connectivity index (χ0n) is 15.5. The summed E-state index contributed by atoms with van der Waals surface area (Å²) >= 11 is 0. The third kappa shape index (κ3) is 3.76. The molecule has 0 aromatic heterocycles. The van der Waals surface area contributed by atoms with Crippen molar-refractivity contribution in [3.8, 4) is 11.1 Å². The molecule has 0 bridgehead atoms. The predicted molar refractivity (Wildman–Crippen MR) is 113 cm³/mol. The van der Waals surface area contributed by atoms with Gasteiger partial charge in [-0.3, -0.25) is 0 Å². The summed E-state index contributed by atoms with van der Waals surface area (Å²) in [7, 11) is 0. The van der Waals surface area contributed by atoms with Crippen LogP contribution in [0.1, 0.15) is 22.6 Å². The third-order valence-corrected chi connectivity index (χ3v) is 4.93. The number of ether oxygens (including phenoxy) is 1. The molecule has 3 N–H and O–H groups in total. The minimum atomic E-state index is -0.418. The van der Waals surface area contributed by atoms with E-state index < -0.39 is 6.09 Å². The Labute approximate surface area is 164 Å². The summed E-state index contributed by atoms with van der Waals surface area (Å²) in [4.78, 5) is 12.1. The van der Waals surface area contributed by atoms with Crippen LogP contribution in [0.2, 0.25) is 0 Å². The Bertz CT molecular complexity index is 981. The Hall–Kier alpha value is -3.53. The summed E-state index contributed by atoms with van der Waals surface area (Å²) in [6.07, 6.45) is 3.37.